The van der Waals surface area contributed by atoms with E-state index >= 15 is 0 Å². The summed E-state index contributed by atoms with van der Waals surface area (Å²) in [5.41, 5.74) is 5.66. The van der Waals surface area contributed by atoms with Gasteiger partial charge in [-0.1, -0.05) is 60.3 Å². The van der Waals surface area contributed by atoms with E-state index in [0.717, 1.165) is 48.4 Å². The number of hydrogen-bond donors (Lipinski definition) is 0. The Morgan fingerprint density at radius 3 is 2.11 bits per heavy atom. The Kier molecular flexibility index (Phi) is 6.86. The van der Waals surface area contributed by atoms with Crippen LogP contribution in [0.3, 0.4) is 0 Å². The van der Waals surface area contributed by atoms with Crippen molar-refractivity contribution >= 4 is 23.4 Å². The summed E-state index contributed by atoms with van der Waals surface area (Å²) in [5.74, 6) is 1.26. The molecule has 35 heavy (non-hydrogen) atoms. The van der Waals surface area contributed by atoms with Gasteiger partial charge in [0.2, 0.25) is 5.91 Å². The van der Waals surface area contributed by atoms with Gasteiger partial charge in [-0.15, -0.1) is 10.2 Å². The van der Waals surface area contributed by atoms with Crippen molar-refractivity contribution in [2.24, 2.45) is 0 Å². The normalized spacial score (nSPS) is 13.8. The number of nitrogens with zero attached hydrogens (tertiary/aromatic N) is 5. The molecule has 4 aromatic rings. The van der Waals surface area contributed by atoms with Crippen LogP contribution in [0.2, 0.25) is 0 Å². The Balaban J connectivity index is 1.31. The molecule has 0 atom stereocenters. The zero-order chi connectivity index (χ0) is 24.2. The van der Waals surface area contributed by atoms with Gasteiger partial charge in [-0.05, 0) is 55.3 Å². The number of hydrogen-bond acceptors (Lipinski definition) is 5. The number of anilines is 1. The minimum atomic E-state index is 0.137. The highest BCUT2D eigenvalue weighted by molar-refractivity contribution is 7.99. The number of thioether (sulfide) groups is 1. The monoisotopic (exact) mass is 483 g/mol. The molecule has 1 aliphatic heterocycles. The second-order valence-electron chi connectivity index (χ2n) is 8.77. The highest BCUT2D eigenvalue weighted by Crippen LogP contribution is 2.29. The molecule has 0 spiro atoms. The molecule has 0 aliphatic carbocycles. The van der Waals surface area contributed by atoms with Crippen LogP contribution in [0.1, 0.15) is 11.1 Å². The van der Waals surface area contributed by atoms with E-state index in [9.17, 15) is 4.79 Å². The largest absolute Gasteiger partial charge is 0.368 e. The summed E-state index contributed by atoms with van der Waals surface area (Å²) in [6.45, 7) is 7.36. The van der Waals surface area contributed by atoms with Crippen molar-refractivity contribution in [1.82, 2.24) is 19.7 Å². The fourth-order valence-electron chi connectivity index (χ4n) is 4.31. The van der Waals surface area contributed by atoms with Gasteiger partial charge < -0.3 is 9.80 Å². The quantitative estimate of drug-likeness (QED) is 0.362. The fourth-order valence-corrected chi connectivity index (χ4v) is 5.17. The Morgan fingerprint density at radius 2 is 1.46 bits per heavy atom. The molecule has 7 heteroatoms. The van der Waals surface area contributed by atoms with E-state index in [1.54, 1.807) is 0 Å². The van der Waals surface area contributed by atoms with Crippen molar-refractivity contribution in [1.29, 1.82) is 0 Å². The third-order valence-electron chi connectivity index (χ3n) is 6.49. The molecule has 1 aliphatic rings. The molecule has 178 valence electrons. The van der Waals surface area contributed by atoms with E-state index in [-0.39, 0.29) is 5.91 Å². The van der Waals surface area contributed by atoms with Crippen LogP contribution >= 0.6 is 11.8 Å². The predicted octanol–water partition coefficient (Wildman–Crippen LogP) is 4.99. The standard InChI is InChI=1S/C28H29N5OS/c1-21-13-14-23(19-22(21)2)27-29-30-28(33(27)25-11-7-4-8-12-25)35-20-26(34)32-17-15-31(16-18-32)24-9-5-3-6-10-24/h3-14,19H,15-18,20H2,1-2H3. The minimum Gasteiger partial charge on any atom is -0.368 e. The van der Waals surface area contributed by atoms with E-state index in [2.05, 4.69) is 76.0 Å². The molecule has 0 radical (unpaired) electrons. The van der Waals surface area contributed by atoms with Crippen molar-refractivity contribution in [3.8, 4) is 17.1 Å². The van der Waals surface area contributed by atoms with Crippen LogP contribution in [0.25, 0.3) is 17.1 Å². The molecule has 1 amide bonds. The predicted molar refractivity (Wildman–Crippen MR) is 142 cm³/mol. The molecular formula is C28H29N5OS. The molecule has 5 rings (SSSR count). The van der Waals surface area contributed by atoms with Gasteiger partial charge in [0.05, 0.1) is 5.75 Å². The first-order chi connectivity index (χ1) is 17.1. The van der Waals surface area contributed by atoms with Gasteiger partial charge in [-0.25, -0.2) is 0 Å². The Bertz CT molecular complexity index is 1300. The molecule has 3 aromatic carbocycles. The van der Waals surface area contributed by atoms with Crippen molar-refractivity contribution in [2.45, 2.75) is 19.0 Å². The molecule has 1 saturated heterocycles. The van der Waals surface area contributed by atoms with E-state index in [1.165, 1.54) is 28.6 Å². The van der Waals surface area contributed by atoms with Crippen LogP contribution in [0.15, 0.2) is 84.0 Å². The van der Waals surface area contributed by atoms with E-state index in [0.29, 0.717) is 5.75 Å². The van der Waals surface area contributed by atoms with Gasteiger partial charge in [-0.3, -0.25) is 9.36 Å². The van der Waals surface area contributed by atoms with E-state index < -0.39 is 0 Å². The van der Waals surface area contributed by atoms with Crippen LogP contribution in [0.5, 0.6) is 0 Å². The van der Waals surface area contributed by atoms with Gasteiger partial charge in [0.1, 0.15) is 0 Å². The molecule has 0 N–H and O–H groups in total. The summed E-state index contributed by atoms with van der Waals surface area (Å²) in [5, 5.41) is 9.74. The SMILES string of the molecule is Cc1ccc(-c2nnc(SCC(=O)N3CCN(c4ccccc4)CC3)n2-c2ccccc2)cc1C. The Labute approximate surface area is 210 Å². The number of aromatic nitrogens is 3. The van der Waals surface area contributed by atoms with E-state index in [4.69, 9.17) is 0 Å². The number of benzene rings is 3. The maximum absolute atomic E-state index is 13.1. The van der Waals surface area contributed by atoms with Crippen LogP contribution in [-0.4, -0.2) is 57.5 Å². The highest BCUT2D eigenvalue weighted by atomic mass is 32.2. The molecule has 1 aromatic heterocycles. The number of carbonyl (C=O) groups excluding carboxylic acids is 1. The number of rotatable bonds is 6. The van der Waals surface area contributed by atoms with Crippen molar-refractivity contribution < 1.29 is 4.79 Å². The number of piperazine rings is 1. The van der Waals surface area contributed by atoms with Crippen molar-refractivity contribution in [3.05, 3.63) is 90.0 Å². The molecule has 6 nitrogen and oxygen atoms in total. The Hall–Kier alpha value is -3.58. The maximum atomic E-state index is 13.1. The van der Waals surface area contributed by atoms with Crippen LogP contribution in [0.4, 0.5) is 5.69 Å². The molecular weight excluding hydrogens is 454 g/mol. The van der Waals surface area contributed by atoms with Crippen LogP contribution < -0.4 is 4.90 Å². The molecule has 0 bridgehead atoms. The van der Waals surface area contributed by atoms with Gasteiger partial charge >= 0.3 is 0 Å². The van der Waals surface area contributed by atoms with Gasteiger partial charge in [-0.2, -0.15) is 0 Å². The average molecular weight is 484 g/mol. The lowest BCUT2D eigenvalue weighted by atomic mass is 10.1. The van der Waals surface area contributed by atoms with Crippen molar-refractivity contribution in [3.63, 3.8) is 0 Å². The zero-order valence-corrected chi connectivity index (χ0v) is 20.9. The third-order valence-corrected chi connectivity index (χ3v) is 7.41. The van der Waals surface area contributed by atoms with Gasteiger partial charge in [0, 0.05) is 43.1 Å². The first-order valence-electron chi connectivity index (χ1n) is 11.9. The van der Waals surface area contributed by atoms with Gasteiger partial charge in [0.25, 0.3) is 0 Å². The van der Waals surface area contributed by atoms with Gasteiger partial charge in [0.15, 0.2) is 11.0 Å². The van der Waals surface area contributed by atoms with Crippen molar-refractivity contribution in [2.75, 3.05) is 36.8 Å². The second-order valence-corrected chi connectivity index (χ2v) is 9.71. The second kappa shape index (κ2) is 10.4. The summed E-state index contributed by atoms with van der Waals surface area (Å²) >= 11 is 1.45. The Morgan fingerprint density at radius 1 is 0.800 bits per heavy atom. The summed E-state index contributed by atoms with van der Waals surface area (Å²) in [4.78, 5) is 17.3. The average Bonchev–Trinajstić information content (AvgIpc) is 3.34. The molecule has 0 unspecified atom stereocenters. The summed E-state index contributed by atoms with van der Waals surface area (Å²) in [6, 6.07) is 26.8. The molecule has 2 heterocycles. The first kappa shape index (κ1) is 23.2. The fraction of sp³-hybridized carbons (Fsp3) is 0.250. The lowest BCUT2D eigenvalue weighted by molar-refractivity contribution is -0.128. The molecule has 0 saturated carbocycles. The smallest absolute Gasteiger partial charge is 0.233 e. The first-order valence-corrected chi connectivity index (χ1v) is 12.9. The minimum absolute atomic E-state index is 0.137. The van der Waals surface area contributed by atoms with Crippen LogP contribution in [-0.2, 0) is 4.79 Å². The summed E-state index contributed by atoms with van der Waals surface area (Å²) < 4.78 is 2.05. The highest BCUT2D eigenvalue weighted by Gasteiger charge is 2.23. The summed E-state index contributed by atoms with van der Waals surface area (Å²) in [7, 11) is 0. The topological polar surface area (TPSA) is 54.3 Å². The zero-order valence-electron chi connectivity index (χ0n) is 20.1. The van der Waals surface area contributed by atoms with Crippen LogP contribution in [0, 0.1) is 13.8 Å². The number of para-hydroxylation sites is 2. The molecule has 1 fully saturated rings. The lowest BCUT2D eigenvalue weighted by Gasteiger charge is -2.36. The maximum Gasteiger partial charge on any atom is 0.233 e. The summed E-state index contributed by atoms with van der Waals surface area (Å²) in [6.07, 6.45) is 0. The lowest BCUT2D eigenvalue weighted by Crippen LogP contribution is -2.49. The number of amides is 1. The number of carbonyl (C=O) groups is 1. The number of aryl methyl sites for hydroxylation is 2. The van der Waals surface area contributed by atoms with E-state index in [1.807, 2.05) is 41.3 Å². The third kappa shape index (κ3) is 5.10.